The van der Waals surface area contributed by atoms with Gasteiger partial charge in [0.1, 0.15) is 11.4 Å². The minimum absolute atomic E-state index is 0.0704. The molecule has 0 spiro atoms. The van der Waals surface area contributed by atoms with Crippen LogP contribution >= 0.6 is 0 Å². The molecule has 1 N–H and O–H groups in total. The Morgan fingerprint density at radius 3 is 2.69 bits per heavy atom. The second-order valence-corrected chi connectivity index (χ2v) is 6.61. The van der Waals surface area contributed by atoms with Gasteiger partial charge in [0.2, 0.25) is 5.91 Å². The molecule has 0 unspecified atom stereocenters. The average Bonchev–Trinajstić information content (AvgIpc) is 3.15. The van der Waals surface area contributed by atoms with Crippen molar-refractivity contribution in [1.82, 2.24) is 20.0 Å². The first-order chi connectivity index (χ1) is 12.5. The van der Waals surface area contributed by atoms with Gasteiger partial charge < -0.3 is 15.0 Å². The van der Waals surface area contributed by atoms with Crippen LogP contribution in [0.25, 0.3) is 0 Å². The Kier molecular flexibility index (Phi) is 5.25. The van der Waals surface area contributed by atoms with E-state index >= 15 is 0 Å². The lowest BCUT2D eigenvalue weighted by atomic mass is 10.1. The van der Waals surface area contributed by atoms with Crippen LogP contribution < -0.4 is 10.1 Å². The van der Waals surface area contributed by atoms with E-state index in [9.17, 15) is 9.59 Å². The molecular weight excluding hydrogens is 332 g/mol. The smallest absolute Gasteiger partial charge is 0.272 e. The van der Waals surface area contributed by atoms with Crippen molar-refractivity contribution in [3.05, 3.63) is 47.3 Å². The number of amides is 2. The lowest BCUT2D eigenvalue weighted by Crippen LogP contribution is -2.37. The van der Waals surface area contributed by atoms with Crippen LogP contribution in [0.2, 0.25) is 0 Å². The monoisotopic (exact) mass is 356 g/mol. The minimum Gasteiger partial charge on any atom is -0.497 e. The second kappa shape index (κ2) is 7.59. The third kappa shape index (κ3) is 4.04. The van der Waals surface area contributed by atoms with Gasteiger partial charge in [0, 0.05) is 32.3 Å². The number of carbonyl (C=O) groups excluding carboxylic acids is 2. The zero-order valence-corrected chi connectivity index (χ0v) is 15.4. The van der Waals surface area contributed by atoms with Gasteiger partial charge in [-0.2, -0.15) is 5.10 Å². The van der Waals surface area contributed by atoms with Gasteiger partial charge in [0.25, 0.3) is 5.91 Å². The fourth-order valence-electron chi connectivity index (χ4n) is 3.07. The summed E-state index contributed by atoms with van der Waals surface area (Å²) in [6, 6.07) is 9.41. The van der Waals surface area contributed by atoms with Crippen molar-refractivity contribution in [2.75, 3.05) is 20.2 Å². The standard InChI is InChI=1S/C19H24N4O3/c1-13-10-17(21-22(13)2)19(25)20-15-11-18(24)23(12-15)9-8-14-4-6-16(26-3)7-5-14/h4-7,10,15H,8-9,11-12H2,1-3H3,(H,20,25)/t15-/m1/s1. The summed E-state index contributed by atoms with van der Waals surface area (Å²) >= 11 is 0. The Balaban J connectivity index is 1.52. The van der Waals surface area contributed by atoms with Gasteiger partial charge in [0.15, 0.2) is 0 Å². The summed E-state index contributed by atoms with van der Waals surface area (Å²) in [6.07, 6.45) is 1.11. The number of nitrogens with zero attached hydrogens (tertiary/aromatic N) is 3. The van der Waals surface area contributed by atoms with E-state index in [-0.39, 0.29) is 17.9 Å². The number of rotatable bonds is 6. The Labute approximate surface area is 152 Å². The molecule has 1 aliphatic rings. The lowest BCUT2D eigenvalue weighted by Gasteiger charge is -2.17. The summed E-state index contributed by atoms with van der Waals surface area (Å²) in [6.45, 7) is 3.07. The highest BCUT2D eigenvalue weighted by Gasteiger charge is 2.30. The molecule has 0 saturated carbocycles. The Morgan fingerprint density at radius 1 is 1.35 bits per heavy atom. The molecule has 0 aliphatic carbocycles. The molecule has 1 fully saturated rings. The average molecular weight is 356 g/mol. The first kappa shape index (κ1) is 18.0. The van der Waals surface area contributed by atoms with Crippen LogP contribution in [0, 0.1) is 6.92 Å². The number of likely N-dealkylation sites (tertiary alicyclic amines) is 1. The molecule has 1 saturated heterocycles. The molecule has 2 heterocycles. The number of hydrogen-bond donors (Lipinski definition) is 1. The van der Waals surface area contributed by atoms with Crippen molar-refractivity contribution in [3.8, 4) is 5.75 Å². The summed E-state index contributed by atoms with van der Waals surface area (Å²) < 4.78 is 6.81. The van der Waals surface area contributed by atoms with Gasteiger partial charge in [-0.3, -0.25) is 14.3 Å². The number of hydrogen-bond acceptors (Lipinski definition) is 4. The van der Waals surface area contributed by atoms with Crippen LogP contribution in [0.15, 0.2) is 30.3 Å². The van der Waals surface area contributed by atoms with E-state index in [1.807, 2.05) is 31.2 Å². The number of methoxy groups -OCH3 is 1. The zero-order chi connectivity index (χ0) is 18.7. The molecule has 7 heteroatoms. The largest absolute Gasteiger partial charge is 0.497 e. The zero-order valence-electron chi connectivity index (χ0n) is 15.4. The number of aromatic nitrogens is 2. The number of ether oxygens (including phenoxy) is 1. The topological polar surface area (TPSA) is 76.5 Å². The predicted octanol–water partition coefficient (Wildman–Crippen LogP) is 1.31. The Morgan fingerprint density at radius 2 is 2.08 bits per heavy atom. The summed E-state index contributed by atoms with van der Waals surface area (Å²) in [5.41, 5.74) is 2.45. The molecule has 0 radical (unpaired) electrons. The fourth-order valence-corrected chi connectivity index (χ4v) is 3.07. The highest BCUT2D eigenvalue weighted by molar-refractivity contribution is 5.93. The quantitative estimate of drug-likeness (QED) is 0.847. The van der Waals surface area contributed by atoms with Gasteiger partial charge in [-0.05, 0) is 37.1 Å². The van der Waals surface area contributed by atoms with E-state index in [0.29, 0.717) is 25.2 Å². The maximum Gasteiger partial charge on any atom is 0.272 e. The Bertz CT molecular complexity index is 778. The minimum atomic E-state index is -0.233. The van der Waals surface area contributed by atoms with Crippen LogP contribution in [0.5, 0.6) is 5.75 Å². The number of nitrogens with one attached hydrogen (secondary N) is 1. The van der Waals surface area contributed by atoms with Crippen molar-refractivity contribution in [2.45, 2.75) is 25.8 Å². The molecule has 1 aromatic carbocycles. The Hall–Kier alpha value is -2.83. The fraction of sp³-hybridized carbons (Fsp3) is 0.421. The van der Waals surface area contributed by atoms with Crippen molar-refractivity contribution < 1.29 is 14.3 Å². The summed E-state index contributed by atoms with van der Waals surface area (Å²) in [5.74, 6) is 0.656. The van der Waals surface area contributed by atoms with E-state index in [4.69, 9.17) is 4.74 Å². The van der Waals surface area contributed by atoms with Gasteiger partial charge >= 0.3 is 0 Å². The first-order valence-corrected chi connectivity index (χ1v) is 8.68. The van der Waals surface area contributed by atoms with E-state index in [2.05, 4.69) is 10.4 Å². The van der Waals surface area contributed by atoms with Gasteiger partial charge in [0.05, 0.1) is 13.2 Å². The van der Waals surface area contributed by atoms with Crippen molar-refractivity contribution in [2.24, 2.45) is 7.05 Å². The van der Waals surface area contributed by atoms with Crippen LogP contribution in [0.3, 0.4) is 0 Å². The molecule has 0 bridgehead atoms. The number of carbonyl (C=O) groups is 2. The van der Waals surface area contributed by atoms with E-state index in [1.54, 1.807) is 29.8 Å². The van der Waals surface area contributed by atoms with E-state index in [1.165, 1.54) is 0 Å². The number of aryl methyl sites for hydroxylation is 2. The molecule has 1 atom stereocenters. The predicted molar refractivity (Wildman–Crippen MR) is 97.1 cm³/mol. The molecule has 1 aromatic heterocycles. The third-order valence-corrected chi connectivity index (χ3v) is 4.73. The van der Waals surface area contributed by atoms with Crippen LogP contribution in [-0.2, 0) is 18.3 Å². The van der Waals surface area contributed by atoms with Gasteiger partial charge in [-0.1, -0.05) is 12.1 Å². The van der Waals surface area contributed by atoms with Crippen molar-refractivity contribution in [1.29, 1.82) is 0 Å². The molecule has 2 aromatic rings. The molecule has 3 rings (SSSR count). The molecule has 7 nitrogen and oxygen atoms in total. The maximum atomic E-state index is 12.3. The SMILES string of the molecule is COc1ccc(CCN2C[C@H](NC(=O)c3cc(C)n(C)n3)CC2=O)cc1. The second-order valence-electron chi connectivity index (χ2n) is 6.61. The van der Waals surface area contributed by atoms with Crippen molar-refractivity contribution >= 4 is 11.8 Å². The van der Waals surface area contributed by atoms with E-state index in [0.717, 1.165) is 23.4 Å². The van der Waals surface area contributed by atoms with Crippen LogP contribution in [0.4, 0.5) is 0 Å². The van der Waals surface area contributed by atoms with Crippen LogP contribution in [-0.4, -0.2) is 52.7 Å². The molecule has 26 heavy (non-hydrogen) atoms. The van der Waals surface area contributed by atoms with Gasteiger partial charge in [-0.25, -0.2) is 0 Å². The lowest BCUT2D eigenvalue weighted by molar-refractivity contribution is -0.127. The molecule has 2 amide bonds. The van der Waals surface area contributed by atoms with Crippen LogP contribution in [0.1, 0.15) is 28.2 Å². The molecule has 138 valence electrons. The normalized spacial score (nSPS) is 16.8. The molecule has 1 aliphatic heterocycles. The summed E-state index contributed by atoms with van der Waals surface area (Å²) in [7, 11) is 3.44. The summed E-state index contributed by atoms with van der Waals surface area (Å²) in [4.78, 5) is 26.3. The highest BCUT2D eigenvalue weighted by atomic mass is 16.5. The number of benzene rings is 1. The van der Waals surface area contributed by atoms with Gasteiger partial charge in [-0.15, -0.1) is 0 Å². The third-order valence-electron chi connectivity index (χ3n) is 4.73. The van der Waals surface area contributed by atoms with E-state index < -0.39 is 0 Å². The summed E-state index contributed by atoms with van der Waals surface area (Å²) in [5, 5.41) is 7.09. The first-order valence-electron chi connectivity index (χ1n) is 8.68. The highest BCUT2D eigenvalue weighted by Crippen LogP contribution is 2.15. The molecular formula is C19H24N4O3. The maximum absolute atomic E-state index is 12.3. The van der Waals surface area contributed by atoms with Crippen molar-refractivity contribution in [3.63, 3.8) is 0 Å².